The first kappa shape index (κ1) is 15.8. The molecule has 0 heterocycles. The number of benzene rings is 1. The van der Waals surface area contributed by atoms with Gasteiger partial charge >= 0.3 is 0 Å². The van der Waals surface area contributed by atoms with E-state index in [2.05, 4.69) is 31.0 Å². The van der Waals surface area contributed by atoms with Crippen LogP contribution in [0.1, 0.15) is 57.1 Å². The van der Waals surface area contributed by atoms with Gasteiger partial charge in [0.2, 0.25) is 0 Å². The zero-order valence-corrected chi connectivity index (χ0v) is 13.4. The smallest absolute Gasteiger partial charge is 0.0511 e. The van der Waals surface area contributed by atoms with Crippen molar-refractivity contribution in [1.82, 2.24) is 4.90 Å². The predicted octanol–water partition coefficient (Wildman–Crippen LogP) is 4.38. The van der Waals surface area contributed by atoms with Crippen LogP contribution in [-0.4, -0.2) is 24.0 Å². The van der Waals surface area contributed by atoms with Crippen molar-refractivity contribution < 1.29 is 0 Å². The molecule has 0 bridgehead atoms. The molecule has 2 nitrogen and oxygen atoms in total. The Morgan fingerprint density at radius 3 is 2.30 bits per heavy atom. The van der Waals surface area contributed by atoms with E-state index >= 15 is 0 Å². The van der Waals surface area contributed by atoms with Gasteiger partial charge in [0.25, 0.3) is 0 Å². The molecule has 2 atom stereocenters. The second kappa shape index (κ2) is 7.44. The Kier molecular flexibility index (Phi) is 5.88. The van der Waals surface area contributed by atoms with Crippen molar-refractivity contribution in [2.45, 2.75) is 63.6 Å². The van der Waals surface area contributed by atoms with Crippen LogP contribution < -0.4 is 5.73 Å². The Bertz CT molecular complexity index is 411. The molecular formula is C17H27ClN2. The zero-order valence-electron chi connectivity index (χ0n) is 12.7. The van der Waals surface area contributed by atoms with Crippen molar-refractivity contribution in [1.29, 1.82) is 0 Å². The highest BCUT2D eigenvalue weighted by Crippen LogP contribution is 2.33. The summed E-state index contributed by atoms with van der Waals surface area (Å²) in [6, 6.07) is 9.02. The summed E-state index contributed by atoms with van der Waals surface area (Å²) < 4.78 is 0. The van der Waals surface area contributed by atoms with Gasteiger partial charge in [-0.25, -0.2) is 0 Å². The van der Waals surface area contributed by atoms with E-state index in [0.717, 1.165) is 10.6 Å². The zero-order chi connectivity index (χ0) is 14.5. The Morgan fingerprint density at radius 1 is 1.15 bits per heavy atom. The molecule has 2 N–H and O–H groups in total. The monoisotopic (exact) mass is 294 g/mol. The molecule has 1 aliphatic rings. The molecule has 0 aliphatic heterocycles. The van der Waals surface area contributed by atoms with Crippen LogP contribution in [0.3, 0.4) is 0 Å². The van der Waals surface area contributed by atoms with Crippen LogP contribution in [0.2, 0.25) is 5.02 Å². The summed E-state index contributed by atoms with van der Waals surface area (Å²) in [5.41, 5.74) is 7.45. The highest BCUT2D eigenvalue weighted by Gasteiger charge is 2.28. The lowest BCUT2D eigenvalue weighted by molar-refractivity contribution is 0.141. The van der Waals surface area contributed by atoms with Gasteiger partial charge in [-0.15, -0.1) is 0 Å². The maximum Gasteiger partial charge on any atom is 0.0511 e. The third kappa shape index (κ3) is 3.75. The first-order chi connectivity index (χ1) is 9.61. The van der Waals surface area contributed by atoms with E-state index in [0.29, 0.717) is 6.04 Å². The van der Waals surface area contributed by atoms with E-state index in [-0.39, 0.29) is 12.1 Å². The molecule has 112 valence electrons. The first-order valence-corrected chi connectivity index (χ1v) is 8.21. The van der Waals surface area contributed by atoms with Crippen LogP contribution in [0, 0.1) is 0 Å². The number of hydrogen-bond acceptors (Lipinski definition) is 2. The minimum atomic E-state index is 0.0724. The Morgan fingerprint density at radius 2 is 1.75 bits per heavy atom. The van der Waals surface area contributed by atoms with Crippen LogP contribution in [0.5, 0.6) is 0 Å². The Labute approximate surface area is 128 Å². The molecular weight excluding hydrogens is 268 g/mol. The van der Waals surface area contributed by atoms with Crippen LogP contribution in [-0.2, 0) is 0 Å². The first-order valence-electron chi connectivity index (χ1n) is 7.83. The molecule has 0 aromatic heterocycles. The standard InChI is InChI=1S/C17H27ClN2/c1-13(19)17(15-11-7-8-12-16(15)18)20(2)14-9-5-3-4-6-10-14/h7-8,11-14,17H,3-6,9-10,19H2,1-2H3. The third-order valence-corrected chi connectivity index (χ3v) is 4.91. The largest absolute Gasteiger partial charge is 0.326 e. The van der Waals surface area contributed by atoms with Crippen molar-refractivity contribution >= 4 is 11.6 Å². The van der Waals surface area contributed by atoms with Crippen molar-refractivity contribution in [3.8, 4) is 0 Å². The highest BCUT2D eigenvalue weighted by molar-refractivity contribution is 6.31. The SMILES string of the molecule is CC(N)C(c1ccccc1Cl)N(C)C1CCCCCC1. The fourth-order valence-electron chi connectivity index (χ4n) is 3.48. The number of hydrogen-bond donors (Lipinski definition) is 1. The molecule has 20 heavy (non-hydrogen) atoms. The van der Waals surface area contributed by atoms with Crippen LogP contribution in [0.15, 0.2) is 24.3 Å². The van der Waals surface area contributed by atoms with E-state index in [4.69, 9.17) is 17.3 Å². The third-order valence-electron chi connectivity index (χ3n) is 4.56. The van der Waals surface area contributed by atoms with Gasteiger partial charge in [0.15, 0.2) is 0 Å². The van der Waals surface area contributed by atoms with E-state index in [1.54, 1.807) is 0 Å². The number of nitrogens with two attached hydrogens (primary N) is 1. The Balaban J connectivity index is 2.21. The summed E-state index contributed by atoms with van der Waals surface area (Å²) in [7, 11) is 2.22. The molecule has 0 spiro atoms. The van der Waals surface area contributed by atoms with Crippen LogP contribution in [0.4, 0.5) is 0 Å². The highest BCUT2D eigenvalue weighted by atomic mass is 35.5. The molecule has 1 fully saturated rings. The maximum atomic E-state index is 6.40. The van der Waals surface area contributed by atoms with E-state index in [9.17, 15) is 0 Å². The minimum Gasteiger partial charge on any atom is -0.326 e. The molecule has 2 rings (SSSR count). The normalized spacial score (nSPS) is 20.6. The molecule has 0 amide bonds. The van der Waals surface area contributed by atoms with Gasteiger partial charge in [0, 0.05) is 17.1 Å². The minimum absolute atomic E-state index is 0.0724. The second-order valence-electron chi connectivity index (χ2n) is 6.14. The lowest BCUT2D eigenvalue weighted by atomic mass is 9.96. The number of likely N-dealkylation sites (N-methyl/N-ethyl adjacent to an activating group) is 1. The van der Waals surface area contributed by atoms with Gasteiger partial charge in [-0.05, 0) is 38.4 Å². The molecule has 3 heteroatoms. The number of nitrogens with zero attached hydrogens (tertiary/aromatic N) is 1. The predicted molar refractivity (Wildman–Crippen MR) is 87.1 cm³/mol. The average Bonchev–Trinajstić information content (AvgIpc) is 2.69. The van der Waals surface area contributed by atoms with Gasteiger partial charge in [-0.1, -0.05) is 55.5 Å². The Hall–Kier alpha value is -0.570. The fourth-order valence-corrected chi connectivity index (χ4v) is 3.73. The second-order valence-corrected chi connectivity index (χ2v) is 6.54. The van der Waals surface area contributed by atoms with Gasteiger partial charge in [-0.2, -0.15) is 0 Å². The maximum absolute atomic E-state index is 6.40. The summed E-state index contributed by atoms with van der Waals surface area (Å²) in [5, 5.41) is 0.829. The van der Waals surface area contributed by atoms with Crippen molar-refractivity contribution in [2.75, 3.05) is 7.05 Å². The van der Waals surface area contributed by atoms with E-state index in [1.165, 1.54) is 38.5 Å². The van der Waals surface area contributed by atoms with E-state index < -0.39 is 0 Å². The summed E-state index contributed by atoms with van der Waals surface area (Å²) in [5.74, 6) is 0. The van der Waals surface area contributed by atoms with Gasteiger partial charge in [0.1, 0.15) is 0 Å². The molecule has 1 aliphatic carbocycles. The molecule has 1 aromatic rings. The van der Waals surface area contributed by atoms with E-state index in [1.807, 2.05) is 12.1 Å². The van der Waals surface area contributed by atoms with Crippen molar-refractivity contribution in [3.05, 3.63) is 34.9 Å². The molecule has 1 saturated carbocycles. The van der Waals surface area contributed by atoms with Crippen molar-refractivity contribution in [2.24, 2.45) is 5.73 Å². The average molecular weight is 295 g/mol. The van der Waals surface area contributed by atoms with Crippen LogP contribution in [0.25, 0.3) is 0 Å². The number of rotatable bonds is 4. The topological polar surface area (TPSA) is 29.3 Å². The molecule has 0 saturated heterocycles. The molecule has 0 radical (unpaired) electrons. The van der Waals surface area contributed by atoms with Gasteiger partial charge in [-0.3, -0.25) is 4.90 Å². The quantitative estimate of drug-likeness (QED) is 0.835. The van der Waals surface area contributed by atoms with Gasteiger partial charge in [0.05, 0.1) is 6.04 Å². The lowest BCUT2D eigenvalue weighted by Crippen LogP contribution is -2.42. The molecule has 1 aromatic carbocycles. The fraction of sp³-hybridized carbons (Fsp3) is 0.647. The summed E-state index contributed by atoms with van der Waals surface area (Å²) in [6.07, 6.45) is 7.99. The summed E-state index contributed by atoms with van der Waals surface area (Å²) in [6.45, 7) is 2.08. The number of halogens is 1. The van der Waals surface area contributed by atoms with Crippen molar-refractivity contribution in [3.63, 3.8) is 0 Å². The lowest BCUT2D eigenvalue weighted by Gasteiger charge is -2.37. The van der Waals surface area contributed by atoms with Crippen LogP contribution >= 0.6 is 11.6 Å². The summed E-state index contributed by atoms with van der Waals surface area (Å²) >= 11 is 6.40. The van der Waals surface area contributed by atoms with Gasteiger partial charge < -0.3 is 5.73 Å². The summed E-state index contributed by atoms with van der Waals surface area (Å²) in [4.78, 5) is 2.47. The molecule has 2 unspecified atom stereocenters.